The zero-order chi connectivity index (χ0) is 18.4. The van der Waals surface area contributed by atoms with Gasteiger partial charge in [0.15, 0.2) is 16.7 Å². The van der Waals surface area contributed by atoms with Crippen LogP contribution in [0.2, 0.25) is 0 Å². The second kappa shape index (κ2) is 9.51. The number of rotatable bonds is 6. The molecule has 0 unspecified atom stereocenters. The quantitative estimate of drug-likeness (QED) is 0.761. The molecule has 1 aromatic rings. The SMILES string of the molecule is COc1ccc(CCN(C2=NCCCS2)C2CCN(C)CC2)cc1OC. The number of likely N-dealkylation sites (tertiary alicyclic amines) is 1. The van der Waals surface area contributed by atoms with Gasteiger partial charge in [-0.1, -0.05) is 17.8 Å². The van der Waals surface area contributed by atoms with Gasteiger partial charge in [-0.2, -0.15) is 0 Å². The summed E-state index contributed by atoms with van der Waals surface area (Å²) in [5.41, 5.74) is 1.28. The minimum atomic E-state index is 0.607. The first-order valence-corrected chi connectivity index (χ1v) is 10.5. The molecule has 2 aliphatic heterocycles. The van der Waals surface area contributed by atoms with Crippen LogP contribution in [0.15, 0.2) is 23.2 Å². The summed E-state index contributed by atoms with van der Waals surface area (Å²) in [5, 5.41) is 1.26. The van der Waals surface area contributed by atoms with Crippen molar-refractivity contribution in [1.82, 2.24) is 9.80 Å². The first-order chi connectivity index (χ1) is 12.7. The molecule has 0 radical (unpaired) electrons. The van der Waals surface area contributed by atoms with E-state index in [1.807, 2.05) is 17.8 Å². The van der Waals surface area contributed by atoms with Crippen molar-refractivity contribution in [3.63, 3.8) is 0 Å². The van der Waals surface area contributed by atoms with Crippen LogP contribution in [0.1, 0.15) is 24.8 Å². The lowest BCUT2D eigenvalue weighted by molar-refractivity contribution is 0.178. The van der Waals surface area contributed by atoms with Crippen LogP contribution < -0.4 is 9.47 Å². The van der Waals surface area contributed by atoms with E-state index in [2.05, 4.69) is 29.0 Å². The maximum absolute atomic E-state index is 5.46. The first-order valence-electron chi connectivity index (χ1n) is 9.54. The molecular formula is C20H31N3O2S. The number of nitrogens with zero attached hydrogens (tertiary/aromatic N) is 3. The van der Waals surface area contributed by atoms with Gasteiger partial charge in [0, 0.05) is 24.9 Å². The molecule has 0 atom stereocenters. The van der Waals surface area contributed by atoms with E-state index < -0.39 is 0 Å². The number of methoxy groups -OCH3 is 2. The zero-order valence-corrected chi connectivity index (χ0v) is 17.1. The van der Waals surface area contributed by atoms with Crippen molar-refractivity contribution in [3.05, 3.63) is 23.8 Å². The molecule has 1 aromatic carbocycles. The Morgan fingerprint density at radius 3 is 2.62 bits per heavy atom. The lowest BCUT2D eigenvalue weighted by atomic mass is 10.0. The predicted molar refractivity (Wildman–Crippen MR) is 110 cm³/mol. The van der Waals surface area contributed by atoms with Crippen LogP contribution in [0, 0.1) is 0 Å². The number of benzene rings is 1. The average molecular weight is 378 g/mol. The smallest absolute Gasteiger partial charge is 0.160 e. The standard InChI is InChI=1S/C20H31N3O2S/c1-22-11-8-17(9-12-22)23(20-21-10-4-14-26-20)13-7-16-5-6-18(24-2)19(15-16)25-3/h5-6,15,17H,4,7-14H2,1-3H3. The van der Waals surface area contributed by atoms with Crippen LogP contribution in [0.3, 0.4) is 0 Å². The molecule has 0 bridgehead atoms. The molecule has 6 heteroatoms. The zero-order valence-electron chi connectivity index (χ0n) is 16.2. The van der Waals surface area contributed by atoms with Gasteiger partial charge in [-0.15, -0.1) is 0 Å². The van der Waals surface area contributed by atoms with Gasteiger partial charge in [0.1, 0.15) is 0 Å². The van der Waals surface area contributed by atoms with Crippen LogP contribution in [-0.2, 0) is 6.42 Å². The maximum atomic E-state index is 5.46. The Labute approximate surface area is 161 Å². The highest BCUT2D eigenvalue weighted by Gasteiger charge is 2.26. The molecule has 26 heavy (non-hydrogen) atoms. The van der Waals surface area contributed by atoms with Crippen LogP contribution in [0.4, 0.5) is 0 Å². The Balaban J connectivity index is 1.70. The van der Waals surface area contributed by atoms with Crippen LogP contribution in [-0.4, -0.2) is 74.2 Å². The van der Waals surface area contributed by atoms with Crippen molar-refractivity contribution in [2.24, 2.45) is 4.99 Å². The van der Waals surface area contributed by atoms with Gasteiger partial charge in [0.25, 0.3) is 0 Å². The molecule has 0 N–H and O–H groups in total. The lowest BCUT2D eigenvalue weighted by Crippen LogP contribution is -2.47. The van der Waals surface area contributed by atoms with Crippen molar-refractivity contribution in [1.29, 1.82) is 0 Å². The predicted octanol–water partition coefficient (Wildman–Crippen LogP) is 3.14. The van der Waals surface area contributed by atoms with E-state index in [4.69, 9.17) is 14.5 Å². The lowest BCUT2D eigenvalue weighted by Gasteiger charge is -2.39. The van der Waals surface area contributed by atoms with Crippen LogP contribution in [0.25, 0.3) is 0 Å². The van der Waals surface area contributed by atoms with Gasteiger partial charge in [-0.25, -0.2) is 0 Å². The molecule has 1 fully saturated rings. The summed E-state index contributed by atoms with van der Waals surface area (Å²) in [7, 11) is 5.59. The van der Waals surface area contributed by atoms with Gasteiger partial charge in [-0.05, 0) is 63.5 Å². The van der Waals surface area contributed by atoms with E-state index in [-0.39, 0.29) is 0 Å². The summed E-state index contributed by atoms with van der Waals surface area (Å²) >= 11 is 1.93. The van der Waals surface area contributed by atoms with Crippen molar-refractivity contribution >= 4 is 16.9 Å². The van der Waals surface area contributed by atoms with Crippen LogP contribution in [0.5, 0.6) is 11.5 Å². The number of thioether (sulfide) groups is 1. The van der Waals surface area contributed by atoms with E-state index in [1.54, 1.807) is 14.2 Å². The summed E-state index contributed by atoms with van der Waals surface area (Å²) in [6.45, 7) is 4.34. The van der Waals surface area contributed by atoms with E-state index in [1.165, 1.54) is 48.8 Å². The number of hydrogen-bond acceptors (Lipinski definition) is 6. The summed E-state index contributed by atoms with van der Waals surface area (Å²) in [6.07, 6.45) is 4.64. The molecule has 1 saturated heterocycles. The summed E-state index contributed by atoms with van der Waals surface area (Å²) in [6, 6.07) is 6.85. The highest BCUT2D eigenvalue weighted by atomic mass is 32.2. The Kier molecular flexibility index (Phi) is 7.08. The fourth-order valence-corrected chi connectivity index (χ4v) is 4.69. The maximum Gasteiger partial charge on any atom is 0.160 e. The monoisotopic (exact) mass is 377 g/mol. The number of hydrogen-bond donors (Lipinski definition) is 0. The average Bonchev–Trinajstić information content (AvgIpc) is 2.70. The third-order valence-corrected chi connectivity index (χ3v) is 6.36. The molecule has 144 valence electrons. The molecule has 0 saturated carbocycles. The van der Waals surface area contributed by atoms with Gasteiger partial charge in [0.2, 0.25) is 0 Å². The van der Waals surface area contributed by atoms with Crippen molar-refractivity contribution in [2.75, 3.05) is 53.2 Å². The minimum absolute atomic E-state index is 0.607. The number of aliphatic imine (C=N–C) groups is 1. The van der Waals surface area contributed by atoms with E-state index in [0.29, 0.717) is 6.04 Å². The van der Waals surface area contributed by atoms with Crippen LogP contribution >= 0.6 is 11.8 Å². The Morgan fingerprint density at radius 1 is 1.19 bits per heavy atom. The van der Waals surface area contributed by atoms with E-state index >= 15 is 0 Å². The van der Waals surface area contributed by atoms with Gasteiger partial charge >= 0.3 is 0 Å². The molecule has 3 rings (SSSR count). The molecule has 0 aliphatic carbocycles. The highest BCUT2D eigenvalue weighted by Crippen LogP contribution is 2.29. The fraction of sp³-hybridized carbons (Fsp3) is 0.650. The third kappa shape index (κ3) is 4.86. The third-order valence-electron chi connectivity index (χ3n) is 5.24. The van der Waals surface area contributed by atoms with E-state index in [0.717, 1.165) is 31.0 Å². The molecular weight excluding hydrogens is 346 g/mol. The highest BCUT2D eigenvalue weighted by molar-refractivity contribution is 8.13. The number of amidine groups is 1. The Morgan fingerprint density at radius 2 is 1.96 bits per heavy atom. The minimum Gasteiger partial charge on any atom is -0.493 e. The largest absolute Gasteiger partial charge is 0.493 e. The van der Waals surface area contributed by atoms with Crippen molar-refractivity contribution in [3.8, 4) is 11.5 Å². The van der Waals surface area contributed by atoms with Crippen molar-refractivity contribution < 1.29 is 9.47 Å². The first kappa shape index (κ1) is 19.4. The summed E-state index contributed by atoms with van der Waals surface area (Å²) < 4.78 is 10.8. The summed E-state index contributed by atoms with van der Waals surface area (Å²) in [5.74, 6) is 2.79. The second-order valence-corrected chi connectivity index (χ2v) is 8.10. The molecule has 2 aliphatic rings. The van der Waals surface area contributed by atoms with Crippen molar-refractivity contribution in [2.45, 2.75) is 31.7 Å². The number of piperidine rings is 1. The van der Waals surface area contributed by atoms with Gasteiger partial charge < -0.3 is 19.3 Å². The molecule has 0 aromatic heterocycles. The molecule has 0 spiro atoms. The normalized spacial score (nSPS) is 19.1. The number of ether oxygens (including phenoxy) is 2. The van der Waals surface area contributed by atoms with Gasteiger partial charge in [-0.3, -0.25) is 4.99 Å². The molecule has 0 amide bonds. The second-order valence-electron chi connectivity index (χ2n) is 7.03. The summed E-state index contributed by atoms with van der Waals surface area (Å²) in [4.78, 5) is 9.85. The fourth-order valence-electron chi connectivity index (χ4n) is 3.65. The Bertz CT molecular complexity index is 615. The Hall–Kier alpha value is -1.40. The topological polar surface area (TPSA) is 37.3 Å². The molecule has 2 heterocycles. The van der Waals surface area contributed by atoms with E-state index in [9.17, 15) is 0 Å². The molecule has 5 nitrogen and oxygen atoms in total. The van der Waals surface area contributed by atoms with Gasteiger partial charge in [0.05, 0.1) is 14.2 Å².